The zero-order chi connectivity index (χ0) is 9.07. The molecule has 0 radical (unpaired) electrons. The smallest absolute Gasteiger partial charge is 0.196 e. The van der Waals surface area contributed by atoms with E-state index >= 15 is 0 Å². The molecule has 0 aliphatic rings. The lowest BCUT2D eigenvalue weighted by Gasteiger charge is -2.23. The second kappa shape index (κ2) is 4.10. The molecule has 4 heteroatoms. The summed E-state index contributed by atoms with van der Waals surface area (Å²) in [7, 11) is 6.14. The Morgan fingerprint density at radius 2 is 1.73 bits per heavy atom. The molecule has 0 aliphatic heterocycles. The molecule has 0 fully saturated rings. The first kappa shape index (κ1) is 11.0. The fourth-order valence-electron chi connectivity index (χ4n) is 0.315. The Labute approximate surface area is 77.7 Å². The molecule has 0 saturated heterocycles. The van der Waals surface area contributed by atoms with Crippen LogP contribution in [-0.2, 0) is 0 Å². The molecule has 0 aromatic heterocycles. The molecule has 0 N–H and O–H groups in total. The minimum atomic E-state index is 0.0396. The number of halogens is 2. The number of hydrogen-bond donors (Lipinski definition) is 0. The molecule has 0 bridgehead atoms. The third-order valence-electron chi connectivity index (χ3n) is 1.41. The van der Waals surface area contributed by atoms with Crippen LogP contribution in [0.4, 0.5) is 0 Å². The average Bonchev–Trinajstić information content (AvgIpc) is 1.80. The van der Waals surface area contributed by atoms with Crippen molar-refractivity contribution in [3.05, 3.63) is 11.9 Å². The summed E-state index contributed by atoms with van der Waals surface area (Å²) in [6, 6.07) is 0. The molecule has 0 amide bonds. The van der Waals surface area contributed by atoms with E-state index in [0.29, 0.717) is 0 Å². The standard InChI is InChI=1S/C7H13Cl2N2/c1-6(11(2,3)4)5-10-7(8)9/h5H,1-4H3/q+1. The normalized spacial score (nSPS) is 13.1. The molecule has 64 valence electrons. The first-order valence-corrected chi connectivity index (χ1v) is 3.97. The maximum absolute atomic E-state index is 5.34. The van der Waals surface area contributed by atoms with Gasteiger partial charge in [-0.2, -0.15) is 0 Å². The Bertz CT molecular complexity index is 185. The minimum absolute atomic E-state index is 0.0396. The van der Waals surface area contributed by atoms with E-state index in [2.05, 4.69) is 4.99 Å². The van der Waals surface area contributed by atoms with Gasteiger partial charge in [-0.15, -0.1) is 0 Å². The van der Waals surface area contributed by atoms with E-state index in [4.69, 9.17) is 23.2 Å². The predicted octanol–water partition coefficient (Wildman–Crippen LogP) is 2.39. The molecule has 2 nitrogen and oxygen atoms in total. The number of allylic oxidation sites excluding steroid dienone is 1. The lowest BCUT2D eigenvalue weighted by molar-refractivity contribution is -0.831. The summed E-state index contributed by atoms with van der Waals surface area (Å²) < 4.78 is 0.766. The predicted molar refractivity (Wildman–Crippen MR) is 50.9 cm³/mol. The van der Waals surface area contributed by atoms with Crippen LogP contribution in [0, 0.1) is 0 Å². The Morgan fingerprint density at radius 3 is 2.00 bits per heavy atom. The van der Waals surface area contributed by atoms with E-state index < -0.39 is 0 Å². The van der Waals surface area contributed by atoms with Crippen LogP contribution in [0.2, 0.25) is 0 Å². The average molecular weight is 196 g/mol. The zero-order valence-electron chi connectivity index (χ0n) is 7.23. The Kier molecular flexibility index (Phi) is 4.08. The molecule has 0 aromatic carbocycles. The zero-order valence-corrected chi connectivity index (χ0v) is 8.74. The van der Waals surface area contributed by atoms with Gasteiger partial charge in [0, 0.05) is 6.92 Å². The van der Waals surface area contributed by atoms with Crippen molar-refractivity contribution in [1.82, 2.24) is 0 Å². The Balaban J connectivity index is 4.36. The second-order valence-electron chi connectivity index (χ2n) is 3.15. The molecule has 0 aromatic rings. The summed E-state index contributed by atoms with van der Waals surface area (Å²) in [5, 5.41) is 0. The highest BCUT2D eigenvalue weighted by molar-refractivity contribution is 6.95. The molecular formula is C7H13Cl2N2+. The topological polar surface area (TPSA) is 12.4 Å². The largest absolute Gasteiger partial charge is 0.301 e. The minimum Gasteiger partial charge on any atom is -0.301 e. The molecule has 0 spiro atoms. The lowest BCUT2D eigenvalue weighted by atomic mass is 10.4. The van der Waals surface area contributed by atoms with Crippen molar-refractivity contribution in [2.45, 2.75) is 6.92 Å². The van der Waals surface area contributed by atoms with Crippen LogP contribution < -0.4 is 0 Å². The van der Waals surface area contributed by atoms with Crippen molar-refractivity contribution in [3.63, 3.8) is 0 Å². The van der Waals surface area contributed by atoms with Gasteiger partial charge in [-0.05, 0) is 23.2 Å². The van der Waals surface area contributed by atoms with E-state index in [1.54, 1.807) is 6.20 Å². The molecule has 0 unspecified atom stereocenters. The van der Waals surface area contributed by atoms with E-state index in [1.807, 2.05) is 28.1 Å². The first-order valence-electron chi connectivity index (χ1n) is 3.21. The van der Waals surface area contributed by atoms with Crippen LogP contribution >= 0.6 is 23.2 Å². The maximum Gasteiger partial charge on any atom is 0.196 e. The summed E-state index contributed by atoms with van der Waals surface area (Å²) >= 11 is 10.7. The molecule has 0 heterocycles. The molecular weight excluding hydrogens is 183 g/mol. The van der Waals surface area contributed by atoms with Crippen molar-refractivity contribution in [3.8, 4) is 0 Å². The van der Waals surface area contributed by atoms with Gasteiger partial charge in [0.25, 0.3) is 0 Å². The van der Waals surface area contributed by atoms with Crippen LogP contribution in [0.25, 0.3) is 0 Å². The van der Waals surface area contributed by atoms with Gasteiger partial charge < -0.3 is 4.48 Å². The number of hydrogen-bond acceptors (Lipinski definition) is 1. The first-order chi connectivity index (χ1) is 4.84. The van der Waals surface area contributed by atoms with Crippen molar-refractivity contribution >= 4 is 27.8 Å². The van der Waals surface area contributed by atoms with E-state index in [1.165, 1.54) is 0 Å². The molecule has 11 heavy (non-hydrogen) atoms. The Morgan fingerprint density at radius 1 is 1.27 bits per heavy atom. The quantitative estimate of drug-likeness (QED) is 0.475. The van der Waals surface area contributed by atoms with Crippen LogP contribution in [-0.4, -0.2) is 30.3 Å². The van der Waals surface area contributed by atoms with E-state index in [-0.39, 0.29) is 4.63 Å². The molecule has 0 aliphatic carbocycles. The monoisotopic (exact) mass is 195 g/mol. The third kappa shape index (κ3) is 5.24. The second-order valence-corrected chi connectivity index (χ2v) is 4.06. The summed E-state index contributed by atoms with van der Waals surface area (Å²) in [4.78, 5) is 3.76. The Hall–Kier alpha value is -0.0500. The fourth-order valence-corrected chi connectivity index (χ4v) is 0.413. The summed E-state index contributed by atoms with van der Waals surface area (Å²) in [6.45, 7) is 1.97. The van der Waals surface area contributed by atoms with E-state index in [9.17, 15) is 0 Å². The summed E-state index contributed by atoms with van der Waals surface area (Å²) in [5.74, 6) is 0. The lowest BCUT2D eigenvalue weighted by Crippen LogP contribution is -2.31. The summed E-state index contributed by atoms with van der Waals surface area (Å²) in [5.41, 5.74) is 1.09. The van der Waals surface area contributed by atoms with Crippen molar-refractivity contribution in [2.24, 2.45) is 4.99 Å². The van der Waals surface area contributed by atoms with Gasteiger partial charge in [0.2, 0.25) is 0 Å². The van der Waals surface area contributed by atoms with Gasteiger partial charge in [0.15, 0.2) is 4.63 Å². The van der Waals surface area contributed by atoms with Crippen molar-refractivity contribution in [1.29, 1.82) is 0 Å². The van der Waals surface area contributed by atoms with Gasteiger partial charge >= 0.3 is 0 Å². The van der Waals surface area contributed by atoms with Crippen molar-refractivity contribution in [2.75, 3.05) is 21.1 Å². The van der Waals surface area contributed by atoms with Gasteiger partial charge in [-0.25, -0.2) is 4.99 Å². The van der Waals surface area contributed by atoms with Gasteiger partial charge in [0.05, 0.1) is 27.3 Å². The number of quaternary nitrogens is 1. The van der Waals surface area contributed by atoms with Crippen LogP contribution in [0.5, 0.6) is 0 Å². The number of rotatable bonds is 2. The van der Waals surface area contributed by atoms with Crippen LogP contribution in [0.15, 0.2) is 16.9 Å². The molecule has 0 saturated carbocycles. The SMILES string of the molecule is CC(=CN=C(Cl)Cl)[N+](C)(C)C. The highest BCUT2D eigenvalue weighted by Crippen LogP contribution is 2.06. The number of nitrogens with zero attached hydrogens (tertiary/aromatic N) is 2. The molecule has 0 atom stereocenters. The van der Waals surface area contributed by atoms with Gasteiger partial charge in [-0.1, -0.05) is 0 Å². The number of aliphatic imine (C=N–C) groups is 1. The van der Waals surface area contributed by atoms with Crippen LogP contribution in [0.1, 0.15) is 6.92 Å². The van der Waals surface area contributed by atoms with Gasteiger partial charge in [0.1, 0.15) is 5.70 Å². The highest BCUT2D eigenvalue weighted by Gasteiger charge is 2.09. The van der Waals surface area contributed by atoms with Gasteiger partial charge in [-0.3, -0.25) is 0 Å². The highest BCUT2D eigenvalue weighted by atomic mass is 35.5. The van der Waals surface area contributed by atoms with E-state index in [0.717, 1.165) is 10.2 Å². The van der Waals surface area contributed by atoms with Crippen molar-refractivity contribution < 1.29 is 4.48 Å². The fraction of sp³-hybridized carbons (Fsp3) is 0.571. The molecule has 0 rings (SSSR count). The summed E-state index contributed by atoms with van der Waals surface area (Å²) in [6.07, 6.45) is 1.66. The van der Waals surface area contributed by atoms with Crippen LogP contribution in [0.3, 0.4) is 0 Å². The maximum atomic E-state index is 5.34. The third-order valence-corrected chi connectivity index (χ3v) is 1.60.